The molecule has 0 heterocycles. The molecule has 0 unspecified atom stereocenters. The summed E-state index contributed by atoms with van der Waals surface area (Å²) < 4.78 is 28.9. The Labute approximate surface area is 176 Å². The van der Waals surface area contributed by atoms with Crippen molar-refractivity contribution in [2.75, 3.05) is 39.7 Å². The highest BCUT2D eigenvalue weighted by atomic mass is 127. The van der Waals surface area contributed by atoms with Crippen molar-refractivity contribution in [1.82, 2.24) is 5.32 Å². The molecular formula is C19H25FIN3O3. The van der Waals surface area contributed by atoms with E-state index in [1.807, 2.05) is 18.2 Å². The second kappa shape index (κ2) is 12.2. The van der Waals surface area contributed by atoms with Crippen molar-refractivity contribution in [3.8, 4) is 17.2 Å². The van der Waals surface area contributed by atoms with Crippen LogP contribution >= 0.6 is 24.0 Å². The third-order valence-corrected chi connectivity index (χ3v) is 3.57. The molecule has 8 heteroatoms. The maximum atomic E-state index is 12.8. The quantitative estimate of drug-likeness (QED) is 0.255. The Morgan fingerprint density at radius 3 is 2.37 bits per heavy atom. The lowest BCUT2D eigenvalue weighted by atomic mass is 10.3. The maximum absolute atomic E-state index is 12.8. The molecule has 6 nitrogen and oxygen atoms in total. The molecule has 148 valence electrons. The fourth-order valence-corrected chi connectivity index (χ4v) is 2.23. The molecule has 2 aromatic carbocycles. The van der Waals surface area contributed by atoms with E-state index in [1.54, 1.807) is 33.4 Å². The van der Waals surface area contributed by atoms with Gasteiger partial charge in [-0.1, -0.05) is 0 Å². The van der Waals surface area contributed by atoms with E-state index in [0.717, 1.165) is 12.1 Å². The molecule has 0 aromatic heterocycles. The summed E-state index contributed by atoms with van der Waals surface area (Å²) in [7, 11) is 4.89. The van der Waals surface area contributed by atoms with Crippen LogP contribution in [0.1, 0.15) is 6.42 Å². The Balaban J connectivity index is 0.00000364. The van der Waals surface area contributed by atoms with E-state index in [4.69, 9.17) is 14.2 Å². The van der Waals surface area contributed by atoms with Crippen molar-refractivity contribution < 1.29 is 18.6 Å². The second-order valence-corrected chi connectivity index (χ2v) is 5.35. The highest BCUT2D eigenvalue weighted by Gasteiger charge is 2.06. The van der Waals surface area contributed by atoms with Crippen LogP contribution in [0.3, 0.4) is 0 Å². The second-order valence-electron chi connectivity index (χ2n) is 5.35. The van der Waals surface area contributed by atoms with Gasteiger partial charge in [-0.25, -0.2) is 4.39 Å². The zero-order chi connectivity index (χ0) is 18.8. The molecule has 0 bridgehead atoms. The van der Waals surface area contributed by atoms with Crippen molar-refractivity contribution in [1.29, 1.82) is 0 Å². The fourth-order valence-electron chi connectivity index (χ4n) is 2.23. The van der Waals surface area contributed by atoms with Crippen molar-refractivity contribution in [2.24, 2.45) is 4.99 Å². The van der Waals surface area contributed by atoms with E-state index in [2.05, 4.69) is 15.6 Å². The van der Waals surface area contributed by atoms with Crippen LogP contribution in [0.4, 0.5) is 10.1 Å². The maximum Gasteiger partial charge on any atom is 0.195 e. The molecular weight excluding hydrogens is 464 g/mol. The van der Waals surface area contributed by atoms with Gasteiger partial charge in [0.2, 0.25) is 0 Å². The van der Waals surface area contributed by atoms with E-state index < -0.39 is 0 Å². The number of guanidine groups is 1. The Morgan fingerprint density at radius 1 is 1.04 bits per heavy atom. The van der Waals surface area contributed by atoms with Crippen LogP contribution in [0.5, 0.6) is 17.2 Å². The largest absolute Gasteiger partial charge is 0.494 e. The topological polar surface area (TPSA) is 64.1 Å². The number of benzene rings is 2. The molecule has 27 heavy (non-hydrogen) atoms. The van der Waals surface area contributed by atoms with Gasteiger partial charge in [-0.3, -0.25) is 4.99 Å². The van der Waals surface area contributed by atoms with E-state index >= 15 is 0 Å². The van der Waals surface area contributed by atoms with Gasteiger partial charge in [0.05, 0.1) is 20.8 Å². The summed E-state index contributed by atoms with van der Waals surface area (Å²) in [5, 5.41) is 6.40. The minimum atomic E-state index is -0.274. The molecule has 0 aliphatic carbocycles. The van der Waals surface area contributed by atoms with Crippen LogP contribution in [0, 0.1) is 5.82 Å². The third kappa shape index (κ3) is 7.49. The minimum Gasteiger partial charge on any atom is -0.494 e. The Morgan fingerprint density at radius 2 is 1.74 bits per heavy atom. The Hall–Kier alpha value is -2.23. The highest BCUT2D eigenvalue weighted by molar-refractivity contribution is 14.0. The van der Waals surface area contributed by atoms with Crippen LogP contribution in [-0.4, -0.2) is 40.4 Å². The minimum absolute atomic E-state index is 0. The monoisotopic (exact) mass is 489 g/mol. The number of aliphatic imine (C=N–C) groups is 1. The Bertz CT molecular complexity index is 727. The first kappa shape index (κ1) is 22.8. The smallest absolute Gasteiger partial charge is 0.195 e. The molecule has 0 radical (unpaired) electrons. The van der Waals surface area contributed by atoms with Crippen LogP contribution < -0.4 is 24.8 Å². The molecule has 0 fully saturated rings. The lowest BCUT2D eigenvalue weighted by Gasteiger charge is -2.14. The Kier molecular flexibility index (Phi) is 10.3. The van der Waals surface area contributed by atoms with Crippen molar-refractivity contribution in [3.63, 3.8) is 0 Å². The molecule has 0 amide bonds. The van der Waals surface area contributed by atoms with Crippen LogP contribution in [-0.2, 0) is 0 Å². The standard InChI is InChI=1S/C19H24FN3O3.HI/c1-21-19(23-15-7-10-17(24-2)18(13-15)25-3)22-11-4-12-26-16-8-5-14(20)6-9-16;/h5-10,13H,4,11-12H2,1-3H3,(H2,21,22,23);1H. The van der Waals surface area contributed by atoms with E-state index in [1.165, 1.54) is 12.1 Å². The van der Waals surface area contributed by atoms with Gasteiger partial charge in [0.1, 0.15) is 11.6 Å². The summed E-state index contributed by atoms with van der Waals surface area (Å²) in [4.78, 5) is 4.19. The number of nitrogens with one attached hydrogen (secondary N) is 2. The lowest BCUT2D eigenvalue weighted by Crippen LogP contribution is -2.32. The number of hydrogen-bond acceptors (Lipinski definition) is 4. The zero-order valence-electron chi connectivity index (χ0n) is 15.6. The van der Waals surface area contributed by atoms with Crippen LogP contribution in [0.25, 0.3) is 0 Å². The van der Waals surface area contributed by atoms with Gasteiger partial charge in [0.25, 0.3) is 0 Å². The number of rotatable bonds is 8. The molecule has 0 aliphatic rings. The first-order valence-corrected chi connectivity index (χ1v) is 8.24. The fraction of sp³-hybridized carbons (Fsp3) is 0.316. The number of methoxy groups -OCH3 is 2. The van der Waals surface area contributed by atoms with Crippen LogP contribution in [0.2, 0.25) is 0 Å². The number of anilines is 1. The predicted molar refractivity (Wildman–Crippen MR) is 116 cm³/mol. The van der Waals surface area contributed by atoms with Gasteiger partial charge < -0.3 is 24.8 Å². The third-order valence-electron chi connectivity index (χ3n) is 3.57. The molecule has 2 N–H and O–H groups in total. The first-order valence-electron chi connectivity index (χ1n) is 8.24. The number of hydrogen-bond donors (Lipinski definition) is 2. The zero-order valence-corrected chi connectivity index (χ0v) is 18.0. The lowest BCUT2D eigenvalue weighted by molar-refractivity contribution is 0.311. The molecule has 2 rings (SSSR count). The highest BCUT2D eigenvalue weighted by Crippen LogP contribution is 2.29. The van der Waals surface area contributed by atoms with Crippen molar-refractivity contribution >= 4 is 35.6 Å². The summed E-state index contributed by atoms with van der Waals surface area (Å²) in [5.74, 6) is 2.32. The first-order chi connectivity index (χ1) is 12.7. The van der Waals surface area contributed by atoms with E-state index in [0.29, 0.717) is 36.4 Å². The van der Waals surface area contributed by atoms with Crippen molar-refractivity contribution in [3.05, 3.63) is 48.3 Å². The molecule has 2 aromatic rings. The number of halogens is 2. The van der Waals surface area contributed by atoms with E-state index in [-0.39, 0.29) is 29.8 Å². The molecule has 0 atom stereocenters. The van der Waals surface area contributed by atoms with Gasteiger partial charge in [-0.2, -0.15) is 0 Å². The number of nitrogens with zero attached hydrogens (tertiary/aromatic N) is 1. The van der Waals surface area contributed by atoms with Gasteiger partial charge >= 0.3 is 0 Å². The van der Waals surface area contributed by atoms with Gasteiger partial charge in [0.15, 0.2) is 17.5 Å². The summed E-state index contributed by atoms with van der Waals surface area (Å²) in [6.07, 6.45) is 0.768. The average molecular weight is 489 g/mol. The van der Waals surface area contributed by atoms with Crippen LogP contribution in [0.15, 0.2) is 47.5 Å². The average Bonchev–Trinajstić information content (AvgIpc) is 2.68. The van der Waals surface area contributed by atoms with Crippen molar-refractivity contribution in [2.45, 2.75) is 6.42 Å². The summed E-state index contributed by atoms with van der Waals surface area (Å²) in [5.41, 5.74) is 0.832. The predicted octanol–water partition coefficient (Wildman–Crippen LogP) is 3.92. The van der Waals surface area contributed by atoms with Gasteiger partial charge in [-0.15, -0.1) is 24.0 Å². The van der Waals surface area contributed by atoms with E-state index in [9.17, 15) is 4.39 Å². The SMILES string of the molecule is CN=C(NCCCOc1ccc(F)cc1)Nc1ccc(OC)c(OC)c1.I. The molecule has 0 saturated carbocycles. The number of ether oxygens (including phenoxy) is 3. The summed E-state index contributed by atoms with van der Waals surface area (Å²) in [6, 6.07) is 11.5. The normalized spacial score (nSPS) is 10.6. The molecule has 0 spiro atoms. The van der Waals surface area contributed by atoms with Gasteiger partial charge in [-0.05, 0) is 42.8 Å². The summed E-state index contributed by atoms with van der Waals surface area (Å²) >= 11 is 0. The molecule has 0 saturated heterocycles. The summed E-state index contributed by atoms with van der Waals surface area (Å²) in [6.45, 7) is 1.19. The molecule has 0 aliphatic heterocycles. The van der Waals surface area contributed by atoms with Gasteiger partial charge in [0, 0.05) is 25.3 Å².